The summed E-state index contributed by atoms with van der Waals surface area (Å²) in [4.78, 5) is 14.0. The van der Waals surface area contributed by atoms with Gasteiger partial charge in [-0.25, -0.2) is 0 Å². The Morgan fingerprint density at radius 1 is 1.33 bits per heavy atom. The average Bonchev–Trinajstić information content (AvgIpc) is 2.34. The third-order valence-corrected chi connectivity index (χ3v) is 2.82. The molecule has 0 unspecified atom stereocenters. The van der Waals surface area contributed by atoms with Gasteiger partial charge in [-0.2, -0.15) is 0 Å². The lowest BCUT2D eigenvalue weighted by Gasteiger charge is -2.08. The number of aromatic nitrogens is 1. The van der Waals surface area contributed by atoms with Crippen molar-refractivity contribution in [3.05, 3.63) is 56.8 Å². The molecule has 0 radical (unpaired) electrons. The SMILES string of the molecule is Cc1ccc(Br)cc1Oc1ccncc1[N+](=O)[O-]. The van der Waals surface area contributed by atoms with Crippen molar-refractivity contribution in [2.24, 2.45) is 0 Å². The summed E-state index contributed by atoms with van der Waals surface area (Å²) in [7, 11) is 0. The molecule has 92 valence electrons. The number of ether oxygens (including phenoxy) is 1. The van der Waals surface area contributed by atoms with Crippen LogP contribution in [0.25, 0.3) is 0 Å². The van der Waals surface area contributed by atoms with Crippen LogP contribution in [-0.2, 0) is 0 Å². The van der Waals surface area contributed by atoms with E-state index in [0.717, 1.165) is 10.0 Å². The summed E-state index contributed by atoms with van der Waals surface area (Å²) in [5, 5.41) is 10.8. The van der Waals surface area contributed by atoms with Crippen molar-refractivity contribution in [1.29, 1.82) is 0 Å². The van der Waals surface area contributed by atoms with Crippen molar-refractivity contribution in [3.63, 3.8) is 0 Å². The summed E-state index contributed by atoms with van der Waals surface area (Å²) >= 11 is 3.33. The largest absolute Gasteiger partial charge is 0.450 e. The number of aryl methyl sites for hydroxylation is 1. The Morgan fingerprint density at radius 2 is 2.11 bits per heavy atom. The molecule has 0 saturated heterocycles. The number of benzene rings is 1. The van der Waals surface area contributed by atoms with E-state index in [-0.39, 0.29) is 11.4 Å². The number of nitrogens with zero attached hydrogens (tertiary/aromatic N) is 2. The molecule has 6 heteroatoms. The highest BCUT2D eigenvalue weighted by atomic mass is 79.9. The van der Waals surface area contributed by atoms with E-state index in [4.69, 9.17) is 4.74 Å². The van der Waals surface area contributed by atoms with Crippen LogP contribution in [0.1, 0.15) is 5.56 Å². The van der Waals surface area contributed by atoms with Crippen molar-refractivity contribution in [2.75, 3.05) is 0 Å². The molecule has 0 saturated carbocycles. The van der Waals surface area contributed by atoms with E-state index >= 15 is 0 Å². The first kappa shape index (κ1) is 12.5. The summed E-state index contributed by atoms with van der Waals surface area (Å²) in [5.74, 6) is 0.745. The van der Waals surface area contributed by atoms with E-state index in [1.807, 2.05) is 19.1 Å². The maximum absolute atomic E-state index is 10.8. The zero-order valence-corrected chi connectivity index (χ0v) is 11.0. The summed E-state index contributed by atoms with van der Waals surface area (Å²) in [6, 6.07) is 6.98. The minimum atomic E-state index is -0.518. The molecule has 0 spiro atoms. The molecule has 1 heterocycles. The smallest absolute Gasteiger partial charge is 0.329 e. The van der Waals surface area contributed by atoms with E-state index in [0.29, 0.717) is 5.75 Å². The second-order valence-electron chi connectivity index (χ2n) is 3.61. The van der Waals surface area contributed by atoms with Gasteiger partial charge in [-0.1, -0.05) is 22.0 Å². The zero-order valence-electron chi connectivity index (χ0n) is 9.46. The van der Waals surface area contributed by atoms with E-state index in [1.54, 1.807) is 6.07 Å². The molecule has 2 aromatic rings. The highest BCUT2D eigenvalue weighted by Crippen LogP contribution is 2.33. The van der Waals surface area contributed by atoms with Crippen LogP contribution in [0, 0.1) is 17.0 Å². The van der Waals surface area contributed by atoms with E-state index in [1.165, 1.54) is 18.5 Å². The first-order chi connectivity index (χ1) is 8.58. The second kappa shape index (κ2) is 5.14. The summed E-state index contributed by atoms with van der Waals surface area (Å²) in [6.45, 7) is 1.87. The Kier molecular flexibility index (Phi) is 3.57. The molecule has 0 amide bonds. The molecule has 0 atom stereocenters. The molecule has 0 bridgehead atoms. The molecule has 0 aliphatic carbocycles. The van der Waals surface area contributed by atoms with Gasteiger partial charge in [0.25, 0.3) is 0 Å². The fourth-order valence-electron chi connectivity index (χ4n) is 1.40. The second-order valence-corrected chi connectivity index (χ2v) is 4.53. The quantitative estimate of drug-likeness (QED) is 0.638. The monoisotopic (exact) mass is 308 g/mol. The lowest BCUT2D eigenvalue weighted by atomic mass is 10.2. The molecular formula is C12H9BrN2O3. The lowest BCUT2D eigenvalue weighted by molar-refractivity contribution is -0.386. The molecule has 18 heavy (non-hydrogen) atoms. The van der Waals surface area contributed by atoms with Gasteiger partial charge in [-0.05, 0) is 24.6 Å². The molecule has 1 aromatic heterocycles. The summed E-state index contributed by atoms with van der Waals surface area (Å²) in [5.41, 5.74) is 0.737. The van der Waals surface area contributed by atoms with Crippen molar-refractivity contribution in [3.8, 4) is 11.5 Å². The number of halogens is 1. The predicted octanol–water partition coefficient (Wildman–Crippen LogP) is 3.85. The normalized spacial score (nSPS) is 10.1. The van der Waals surface area contributed by atoms with Gasteiger partial charge in [0, 0.05) is 16.7 Å². The van der Waals surface area contributed by atoms with Crippen molar-refractivity contribution < 1.29 is 9.66 Å². The topological polar surface area (TPSA) is 65.3 Å². The average molecular weight is 309 g/mol. The van der Waals surface area contributed by atoms with Crippen LogP contribution >= 0.6 is 15.9 Å². The summed E-state index contributed by atoms with van der Waals surface area (Å²) in [6.07, 6.45) is 2.62. The predicted molar refractivity (Wildman–Crippen MR) is 69.8 cm³/mol. The molecule has 1 aromatic carbocycles. The third-order valence-electron chi connectivity index (χ3n) is 2.33. The fourth-order valence-corrected chi connectivity index (χ4v) is 1.74. The van der Waals surface area contributed by atoms with Gasteiger partial charge in [0.15, 0.2) is 0 Å². The minimum Gasteiger partial charge on any atom is -0.450 e. The molecule has 2 rings (SSSR count). The first-order valence-corrected chi connectivity index (χ1v) is 5.89. The highest BCUT2D eigenvalue weighted by Gasteiger charge is 2.16. The fraction of sp³-hybridized carbons (Fsp3) is 0.0833. The van der Waals surface area contributed by atoms with Crippen LogP contribution in [0.4, 0.5) is 5.69 Å². The molecule has 0 N–H and O–H groups in total. The summed E-state index contributed by atoms with van der Waals surface area (Å²) < 4.78 is 6.42. The van der Waals surface area contributed by atoms with E-state index in [2.05, 4.69) is 20.9 Å². The van der Waals surface area contributed by atoms with Gasteiger partial charge in [-0.15, -0.1) is 0 Å². The number of hydrogen-bond donors (Lipinski definition) is 0. The Labute approximate surface area is 112 Å². The van der Waals surface area contributed by atoms with E-state index in [9.17, 15) is 10.1 Å². The molecule has 0 fully saturated rings. The van der Waals surface area contributed by atoms with Crippen molar-refractivity contribution in [2.45, 2.75) is 6.92 Å². The molecular weight excluding hydrogens is 300 g/mol. The van der Waals surface area contributed by atoms with Crippen LogP contribution in [0.15, 0.2) is 41.1 Å². The van der Waals surface area contributed by atoms with Gasteiger partial charge in [0.2, 0.25) is 5.75 Å². The minimum absolute atomic E-state index is 0.156. The Bertz CT molecular complexity index is 602. The Hall–Kier alpha value is -1.95. The van der Waals surface area contributed by atoms with Gasteiger partial charge >= 0.3 is 5.69 Å². The van der Waals surface area contributed by atoms with Crippen LogP contribution in [0.3, 0.4) is 0 Å². The molecule has 5 nitrogen and oxygen atoms in total. The first-order valence-electron chi connectivity index (χ1n) is 5.10. The van der Waals surface area contributed by atoms with Gasteiger partial charge in [-0.3, -0.25) is 15.1 Å². The third kappa shape index (κ3) is 2.65. The maximum Gasteiger partial charge on any atom is 0.329 e. The van der Waals surface area contributed by atoms with Crippen molar-refractivity contribution >= 4 is 21.6 Å². The Morgan fingerprint density at radius 3 is 2.83 bits per heavy atom. The number of rotatable bonds is 3. The van der Waals surface area contributed by atoms with Gasteiger partial charge in [0.1, 0.15) is 11.9 Å². The molecule has 0 aliphatic rings. The van der Waals surface area contributed by atoms with Crippen molar-refractivity contribution in [1.82, 2.24) is 4.98 Å². The maximum atomic E-state index is 10.8. The van der Waals surface area contributed by atoms with Gasteiger partial charge in [0.05, 0.1) is 4.92 Å². The zero-order chi connectivity index (χ0) is 13.1. The molecule has 0 aliphatic heterocycles. The number of pyridine rings is 1. The number of hydrogen-bond acceptors (Lipinski definition) is 4. The lowest BCUT2D eigenvalue weighted by Crippen LogP contribution is -1.95. The van der Waals surface area contributed by atoms with Crippen LogP contribution in [0.2, 0.25) is 0 Å². The van der Waals surface area contributed by atoms with Crippen LogP contribution in [-0.4, -0.2) is 9.91 Å². The van der Waals surface area contributed by atoms with Gasteiger partial charge < -0.3 is 4.74 Å². The standard InChI is InChI=1S/C12H9BrN2O3/c1-8-2-3-9(13)6-12(8)18-11-4-5-14-7-10(11)15(16)17/h2-7H,1H3. The van der Waals surface area contributed by atoms with E-state index < -0.39 is 4.92 Å². The van der Waals surface area contributed by atoms with Crippen LogP contribution < -0.4 is 4.74 Å². The highest BCUT2D eigenvalue weighted by molar-refractivity contribution is 9.10. The Balaban J connectivity index is 2.40. The van der Waals surface area contributed by atoms with Crippen LogP contribution in [0.5, 0.6) is 11.5 Å². The number of nitro groups is 1.